The minimum Gasteiger partial charge on any atom is -0.480 e. The molecule has 2 aliphatic heterocycles. The number of aromatic amines is 1. The summed E-state index contributed by atoms with van der Waals surface area (Å²) >= 11 is 0. The zero-order valence-electron chi connectivity index (χ0n) is 41.7. The third kappa shape index (κ3) is 20.0. The first-order valence-corrected chi connectivity index (χ1v) is 26.3. The lowest BCUT2D eigenvalue weighted by molar-refractivity contribution is -0.247. The van der Waals surface area contributed by atoms with Gasteiger partial charge in [-0.1, -0.05) is 0 Å². The van der Waals surface area contributed by atoms with E-state index in [0.29, 0.717) is 17.4 Å². The molecule has 2 saturated heterocycles. The topological polar surface area (TPSA) is 521 Å². The van der Waals surface area contributed by atoms with Gasteiger partial charge in [0.05, 0.1) is 13.2 Å². The molecular formula is C40H64FN9O25P2. The Balaban J connectivity index is 1.65. The number of alkyl halides is 1. The summed E-state index contributed by atoms with van der Waals surface area (Å²) in [6.07, 6.45) is -17.6. The van der Waals surface area contributed by atoms with E-state index in [4.69, 9.17) is 29.6 Å². The van der Waals surface area contributed by atoms with Crippen molar-refractivity contribution in [1.82, 2.24) is 41.5 Å². The number of phosphoric acid groups is 2. The molecule has 0 radical (unpaired) electrons. The van der Waals surface area contributed by atoms with Gasteiger partial charge in [-0.3, -0.25) is 57.0 Å². The van der Waals surface area contributed by atoms with Crippen molar-refractivity contribution in [3.05, 3.63) is 33.1 Å². The fourth-order valence-electron chi connectivity index (χ4n) is 7.20. The summed E-state index contributed by atoms with van der Waals surface area (Å²) in [7, 11) is -11.8. The number of hydrogen-bond acceptors (Lipinski definition) is 22. The second-order valence-corrected chi connectivity index (χ2v) is 20.5. The lowest BCUT2D eigenvalue weighted by atomic mass is 9.97. The highest BCUT2D eigenvalue weighted by Crippen LogP contribution is 2.61. The van der Waals surface area contributed by atoms with Crippen LogP contribution in [-0.2, 0) is 75.1 Å². The number of carboxylic acids is 2. The van der Waals surface area contributed by atoms with Gasteiger partial charge >= 0.3 is 33.3 Å². The molecular weight excluding hydrogens is 1090 g/mol. The van der Waals surface area contributed by atoms with Gasteiger partial charge in [0.25, 0.3) is 5.56 Å². The number of aliphatic carboxylic acids is 2. The molecule has 2 aliphatic rings. The quantitative estimate of drug-likeness (QED) is 0.0252. The maximum atomic E-state index is 16.0. The number of amides is 6. The number of ether oxygens (including phenoxy) is 3. The smallest absolute Gasteiger partial charge is 0.480 e. The second kappa shape index (κ2) is 29.4. The SMILES string of the molecule is CC(=O)N[C@H]1[C@@H](OP(=O)(O)OP(=O)(O)OC[C@H]2O[C@@H](n3ccc(=O)[nH]c3=O)[C@H](O)[C@@H]2O)O[C@H](CO)[C@@H](F)[C@@H]1OC(C)C(=O)NC(C)C(=O)N[C@H](CCC(=O)N[C@@H](CCCCN)C(=O)N[C@H](C)C(=O)N[C@H](C)C(=O)O)C(=O)O. The Morgan fingerprint density at radius 1 is 0.805 bits per heavy atom. The van der Waals surface area contributed by atoms with E-state index >= 15 is 4.39 Å². The molecule has 34 nitrogen and oxygen atoms in total. The standard InChI is InChI=1S/C40H64FN9O25P2/c1-16(32(57)45-18(3)37(61)62)44-35(60)21(8-6-7-12-42)47-25(53)10-9-22(38(63)64)48-33(58)17(2)43-34(59)19(4)71-31-27(41)23(14-51)73-39(28(31)46-20(5)52)74-77(68,69)75-76(66,67)70-15-24-29(55)30(56)36(72-24)50-13-11-26(54)49-40(50)65/h11,13,16-19,21-24,27-31,36,39,51,55-56H,6-10,12,14-15,42H2,1-5H3,(H,43,59)(H,44,60)(H,45,57)(H,46,52)(H,47,53)(H,48,58)(H,61,62)(H,63,64)(H,66,67)(H,68,69)(H,49,54,65)/t16-,17?,18-,19?,21+,22-,23-,24-,27-,28-,29-,30-,31+,36-,39-/m1/s1. The molecule has 17 atom stereocenters. The van der Waals surface area contributed by atoms with E-state index in [1.165, 1.54) is 13.8 Å². The number of H-pyrrole nitrogens is 1. The van der Waals surface area contributed by atoms with Gasteiger partial charge in [0.2, 0.25) is 35.4 Å². The summed E-state index contributed by atoms with van der Waals surface area (Å²) in [4.78, 5) is 147. The van der Waals surface area contributed by atoms with Gasteiger partial charge < -0.3 is 87.2 Å². The Morgan fingerprint density at radius 3 is 1.99 bits per heavy atom. The summed E-state index contributed by atoms with van der Waals surface area (Å²) < 4.78 is 72.6. The van der Waals surface area contributed by atoms with Crippen molar-refractivity contribution in [2.45, 2.75) is 158 Å². The van der Waals surface area contributed by atoms with Gasteiger partial charge in [0, 0.05) is 25.6 Å². The minimum absolute atomic E-state index is 0.0270. The number of carbonyl (C=O) groups excluding carboxylic acids is 6. The Labute approximate surface area is 435 Å². The number of carboxylic acid groups (broad SMARTS) is 2. The van der Waals surface area contributed by atoms with Crippen LogP contribution in [0.15, 0.2) is 21.9 Å². The molecule has 0 bridgehead atoms. The van der Waals surface area contributed by atoms with Crippen LogP contribution in [-0.4, -0.2) is 197 Å². The van der Waals surface area contributed by atoms with Gasteiger partial charge in [0.1, 0.15) is 72.9 Å². The number of halogens is 1. The molecule has 6 amide bonds. The number of unbranched alkanes of at least 4 members (excludes halogenated alkanes) is 1. The van der Waals surface area contributed by atoms with Crippen molar-refractivity contribution >= 4 is 63.0 Å². The van der Waals surface area contributed by atoms with Crippen LogP contribution in [0.25, 0.3) is 0 Å². The molecule has 4 unspecified atom stereocenters. The van der Waals surface area contributed by atoms with Gasteiger partial charge in [-0.25, -0.2) is 23.1 Å². The Kier molecular flexibility index (Phi) is 25.0. The third-order valence-corrected chi connectivity index (χ3v) is 13.9. The van der Waals surface area contributed by atoms with Gasteiger partial charge in [-0.2, -0.15) is 4.31 Å². The van der Waals surface area contributed by atoms with E-state index in [0.717, 1.165) is 33.0 Å². The van der Waals surface area contributed by atoms with Crippen LogP contribution in [0.4, 0.5) is 4.39 Å². The number of nitrogens with two attached hydrogens (primary N) is 1. The van der Waals surface area contributed by atoms with Gasteiger partial charge in [0.15, 0.2) is 18.7 Å². The molecule has 1 aromatic heterocycles. The highest BCUT2D eigenvalue weighted by molar-refractivity contribution is 7.61. The molecule has 3 heterocycles. The third-order valence-electron chi connectivity index (χ3n) is 11.3. The molecule has 77 heavy (non-hydrogen) atoms. The number of aliphatic hydroxyl groups excluding tert-OH is 3. The summed E-state index contributed by atoms with van der Waals surface area (Å²) in [5.74, 6) is -8.84. The lowest BCUT2D eigenvalue weighted by Gasteiger charge is -2.43. The fourth-order valence-corrected chi connectivity index (χ4v) is 9.37. The van der Waals surface area contributed by atoms with Crippen LogP contribution in [0, 0.1) is 0 Å². The summed E-state index contributed by atoms with van der Waals surface area (Å²) in [5, 5.41) is 63.0. The molecule has 16 N–H and O–H groups in total. The number of nitrogens with one attached hydrogen (secondary N) is 7. The predicted molar refractivity (Wildman–Crippen MR) is 252 cm³/mol. The van der Waals surface area contributed by atoms with E-state index in [1.807, 2.05) is 4.98 Å². The van der Waals surface area contributed by atoms with Crippen molar-refractivity contribution in [2.24, 2.45) is 5.73 Å². The molecule has 37 heteroatoms. The van der Waals surface area contributed by atoms with Crippen LogP contribution >= 0.6 is 15.6 Å². The zero-order chi connectivity index (χ0) is 58.3. The number of aromatic nitrogens is 2. The van der Waals surface area contributed by atoms with Crippen molar-refractivity contribution in [2.75, 3.05) is 19.8 Å². The molecule has 3 rings (SSSR count). The number of carbonyl (C=O) groups is 8. The summed E-state index contributed by atoms with van der Waals surface area (Å²) in [6.45, 7) is 3.25. The van der Waals surface area contributed by atoms with E-state index in [2.05, 4.69) is 40.7 Å². The molecule has 0 aliphatic carbocycles. The molecule has 2 fully saturated rings. The number of aliphatic hydroxyl groups is 3. The van der Waals surface area contributed by atoms with Crippen LogP contribution in [0.3, 0.4) is 0 Å². The monoisotopic (exact) mass is 1150 g/mol. The van der Waals surface area contributed by atoms with Crippen molar-refractivity contribution in [3.8, 4) is 0 Å². The number of nitrogens with zero attached hydrogens (tertiary/aromatic N) is 1. The maximum absolute atomic E-state index is 16.0. The molecule has 436 valence electrons. The maximum Gasteiger partial charge on any atom is 0.483 e. The zero-order valence-corrected chi connectivity index (χ0v) is 43.5. The van der Waals surface area contributed by atoms with Crippen LogP contribution in [0.1, 0.15) is 73.0 Å². The van der Waals surface area contributed by atoms with E-state index in [-0.39, 0.29) is 13.0 Å². The lowest BCUT2D eigenvalue weighted by Crippen LogP contribution is -2.65. The first-order valence-electron chi connectivity index (χ1n) is 23.3. The Bertz CT molecular complexity index is 2490. The van der Waals surface area contributed by atoms with Crippen LogP contribution in [0.2, 0.25) is 0 Å². The molecule has 0 aromatic carbocycles. The van der Waals surface area contributed by atoms with Crippen molar-refractivity contribution < 1.29 is 115 Å². The van der Waals surface area contributed by atoms with Crippen LogP contribution in [0.5, 0.6) is 0 Å². The van der Waals surface area contributed by atoms with Crippen molar-refractivity contribution in [1.29, 1.82) is 0 Å². The summed E-state index contributed by atoms with van der Waals surface area (Å²) in [6, 6.07) is -8.33. The Morgan fingerprint density at radius 2 is 1.42 bits per heavy atom. The number of hydrogen-bond donors (Lipinski definition) is 15. The number of phosphoric ester groups is 2. The van der Waals surface area contributed by atoms with Gasteiger partial charge in [-0.15, -0.1) is 0 Å². The number of rotatable bonds is 30. The van der Waals surface area contributed by atoms with E-state index in [1.54, 1.807) is 0 Å². The van der Waals surface area contributed by atoms with Gasteiger partial charge in [-0.05, 0) is 59.9 Å². The summed E-state index contributed by atoms with van der Waals surface area (Å²) in [5.41, 5.74) is 3.64. The normalized spacial score (nSPS) is 26.2. The molecule has 0 spiro atoms. The van der Waals surface area contributed by atoms with Crippen LogP contribution < -0.4 is 48.9 Å². The van der Waals surface area contributed by atoms with E-state index < -0.39 is 192 Å². The van der Waals surface area contributed by atoms with E-state index in [9.17, 15) is 87.3 Å². The molecule has 0 saturated carbocycles. The average Bonchev–Trinajstić information content (AvgIpc) is 3.61. The highest BCUT2D eigenvalue weighted by atomic mass is 31.3. The average molecular weight is 1150 g/mol. The first-order chi connectivity index (χ1) is 35.8. The highest BCUT2D eigenvalue weighted by Gasteiger charge is 2.53. The molecule has 1 aromatic rings. The fraction of sp³-hybridized carbons (Fsp3) is 0.700. The van der Waals surface area contributed by atoms with Crippen molar-refractivity contribution in [3.63, 3.8) is 0 Å². The second-order valence-electron chi connectivity index (χ2n) is 17.5. The minimum atomic E-state index is -5.99. The largest absolute Gasteiger partial charge is 0.483 e. The first kappa shape index (κ1) is 65.6. The Hall–Kier alpha value is -5.65. The predicted octanol–water partition coefficient (Wildman–Crippen LogP) is -5.70.